The minimum atomic E-state index is 0.731. The molecular formula is C16H17N3. The highest BCUT2D eigenvalue weighted by Crippen LogP contribution is 2.25. The molecule has 1 aliphatic rings. The Balaban J connectivity index is 2.12. The Bertz CT molecular complexity index is 649. The van der Waals surface area contributed by atoms with Crippen molar-refractivity contribution in [1.82, 2.24) is 4.98 Å². The van der Waals surface area contributed by atoms with Gasteiger partial charge in [-0.3, -0.25) is 0 Å². The molecule has 0 saturated carbocycles. The number of fused-ring (bicyclic) bond motifs is 1. The van der Waals surface area contributed by atoms with Crippen molar-refractivity contribution < 1.29 is 0 Å². The molecular weight excluding hydrogens is 234 g/mol. The number of anilines is 1. The molecule has 3 nitrogen and oxygen atoms in total. The van der Waals surface area contributed by atoms with Gasteiger partial charge < -0.3 is 4.90 Å². The van der Waals surface area contributed by atoms with Gasteiger partial charge in [-0.15, -0.1) is 0 Å². The molecule has 0 spiro atoms. The van der Waals surface area contributed by atoms with E-state index in [4.69, 9.17) is 4.98 Å². The van der Waals surface area contributed by atoms with Crippen molar-refractivity contribution in [1.29, 1.82) is 5.26 Å². The third-order valence-electron chi connectivity index (χ3n) is 3.75. The highest BCUT2D eigenvalue weighted by Gasteiger charge is 2.14. The van der Waals surface area contributed by atoms with Crippen LogP contribution in [0.15, 0.2) is 24.3 Å². The summed E-state index contributed by atoms with van der Waals surface area (Å²) in [4.78, 5) is 7.02. The zero-order valence-corrected chi connectivity index (χ0v) is 11.2. The Kier molecular flexibility index (Phi) is 3.08. The van der Waals surface area contributed by atoms with E-state index in [1.807, 2.05) is 25.1 Å². The van der Waals surface area contributed by atoms with Crippen LogP contribution in [0.25, 0.3) is 10.9 Å². The van der Waals surface area contributed by atoms with Crippen molar-refractivity contribution in [3.8, 4) is 6.07 Å². The summed E-state index contributed by atoms with van der Waals surface area (Å²) in [5.74, 6) is 0.951. The second-order valence-electron chi connectivity index (χ2n) is 5.21. The van der Waals surface area contributed by atoms with Crippen LogP contribution >= 0.6 is 0 Å². The van der Waals surface area contributed by atoms with Crippen molar-refractivity contribution in [2.75, 3.05) is 18.0 Å². The van der Waals surface area contributed by atoms with Gasteiger partial charge in [0.05, 0.1) is 17.1 Å². The number of nitriles is 1. The SMILES string of the molecule is Cc1ccc2nc(N3CCCCC3)cc(C#N)c2c1. The first-order chi connectivity index (χ1) is 9.28. The first kappa shape index (κ1) is 12.0. The maximum absolute atomic E-state index is 9.35. The van der Waals surface area contributed by atoms with E-state index in [0.29, 0.717) is 0 Å². The van der Waals surface area contributed by atoms with E-state index in [0.717, 1.165) is 40.9 Å². The molecule has 0 bridgehead atoms. The van der Waals surface area contributed by atoms with Crippen LogP contribution in [0.4, 0.5) is 5.82 Å². The molecule has 1 fully saturated rings. The number of hydrogen-bond acceptors (Lipinski definition) is 3. The summed E-state index contributed by atoms with van der Waals surface area (Å²) < 4.78 is 0. The fourth-order valence-electron chi connectivity index (χ4n) is 2.70. The number of aromatic nitrogens is 1. The fraction of sp³-hybridized carbons (Fsp3) is 0.375. The number of pyridine rings is 1. The van der Waals surface area contributed by atoms with Gasteiger partial charge in [0, 0.05) is 18.5 Å². The zero-order chi connectivity index (χ0) is 13.2. The predicted molar refractivity (Wildman–Crippen MR) is 77.3 cm³/mol. The molecule has 19 heavy (non-hydrogen) atoms. The average Bonchev–Trinajstić information content (AvgIpc) is 2.47. The Labute approximate surface area is 113 Å². The topological polar surface area (TPSA) is 39.9 Å². The maximum atomic E-state index is 9.35. The zero-order valence-electron chi connectivity index (χ0n) is 11.2. The summed E-state index contributed by atoms with van der Waals surface area (Å²) in [6.07, 6.45) is 3.74. The van der Waals surface area contributed by atoms with Gasteiger partial charge in [0.1, 0.15) is 5.82 Å². The maximum Gasteiger partial charge on any atom is 0.130 e. The highest BCUT2D eigenvalue weighted by molar-refractivity contribution is 5.87. The normalized spacial score (nSPS) is 15.5. The van der Waals surface area contributed by atoms with Crippen molar-refractivity contribution in [3.63, 3.8) is 0 Å². The summed E-state index contributed by atoms with van der Waals surface area (Å²) in [6, 6.07) is 10.4. The van der Waals surface area contributed by atoms with Crippen molar-refractivity contribution in [3.05, 3.63) is 35.4 Å². The Morgan fingerprint density at radius 1 is 1.16 bits per heavy atom. The third-order valence-corrected chi connectivity index (χ3v) is 3.75. The van der Waals surface area contributed by atoms with Crippen LogP contribution in [0, 0.1) is 18.3 Å². The molecule has 1 aromatic carbocycles. The van der Waals surface area contributed by atoms with Crippen LogP contribution in [0.1, 0.15) is 30.4 Å². The molecule has 0 N–H and O–H groups in total. The number of piperidine rings is 1. The lowest BCUT2D eigenvalue weighted by atomic mass is 10.1. The largest absolute Gasteiger partial charge is 0.357 e. The lowest BCUT2D eigenvalue weighted by Gasteiger charge is -2.28. The molecule has 0 atom stereocenters. The first-order valence-electron chi connectivity index (χ1n) is 6.84. The van der Waals surface area contributed by atoms with E-state index < -0.39 is 0 Å². The molecule has 0 unspecified atom stereocenters. The van der Waals surface area contributed by atoms with Crippen LogP contribution in [-0.2, 0) is 0 Å². The van der Waals surface area contributed by atoms with Crippen molar-refractivity contribution >= 4 is 16.7 Å². The molecule has 1 saturated heterocycles. The van der Waals surface area contributed by atoms with Gasteiger partial charge in [-0.05, 0) is 44.4 Å². The Hall–Kier alpha value is -2.08. The molecule has 96 valence electrons. The lowest BCUT2D eigenvalue weighted by molar-refractivity contribution is 0.574. The van der Waals surface area contributed by atoms with Crippen LogP contribution in [0.3, 0.4) is 0 Å². The van der Waals surface area contributed by atoms with Crippen LogP contribution in [0.2, 0.25) is 0 Å². The average molecular weight is 251 g/mol. The number of aryl methyl sites for hydroxylation is 1. The molecule has 3 heteroatoms. The second-order valence-corrected chi connectivity index (χ2v) is 5.21. The van der Waals surface area contributed by atoms with E-state index >= 15 is 0 Å². The summed E-state index contributed by atoms with van der Waals surface area (Å²) in [5.41, 5.74) is 2.82. The van der Waals surface area contributed by atoms with Crippen LogP contribution in [0.5, 0.6) is 0 Å². The number of hydrogen-bond donors (Lipinski definition) is 0. The lowest BCUT2D eigenvalue weighted by Crippen LogP contribution is -2.30. The van der Waals surface area contributed by atoms with Gasteiger partial charge in [0.15, 0.2) is 0 Å². The van der Waals surface area contributed by atoms with E-state index in [1.165, 1.54) is 19.3 Å². The summed E-state index contributed by atoms with van der Waals surface area (Å²) in [6.45, 7) is 4.14. The standard InChI is InChI=1S/C16H17N3/c1-12-5-6-15-14(9-12)13(11-17)10-16(18-15)19-7-3-2-4-8-19/h5-6,9-10H,2-4,7-8H2,1H3. The summed E-state index contributed by atoms with van der Waals surface area (Å²) in [7, 11) is 0. The van der Waals surface area contributed by atoms with E-state index in [2.05, 4.69) is 17.0 Å². The van der Waals surface area contributed by atoms with Gasteiger partial charge in [0.25, 0.3) is 0 Å². The van der Waals surface area contributed by atoms with Gasteiger partial charge in [-0.25, -0.2) is 4.98 Å². The smallest absolute Gasteiger partial charge is 0.130 e. The Morgan fingerprint density at radius 2 is 1.95 bits per heavy atom. The van der Waals surface area contributed by atoms with E-state index in [9.17, 15) is 5.26 Å². The summed E-state index contributed by atoms with van der Waals surface area (Å²) in [5, 5.41) is 10.3. The van der Waals surface area contributed by atoms with Gasteiger partial charge in [-0.2, -0.15) is 5.26 Å². The minimum absolute atomic E-state index is 0.731. The first-order valence-corrected chi connectivity index (χ1v) is 6.84. The van der Waals surface area contributed by atoms with Gasteiger partial charge in [0.2, 0.25) is 0 Å². The quantitative estimate of drug-likeness (QED) is 0.779. The van der Waals surface area contributed by atoms with Crippen LogP contribution in [-0.4, -0.2) is 18.1 Å². The predicted octanol–water partition coefficient (Wildman–Crippen LogP) is 3.41. The van der Waals surface area contributed by atoms with Gasteiger partial charge in [-0.1, -0.05) is 11.6 Å². The number of nitrogens with zero attached hydrogens (tertiary/aromatic N) is 3. The number of rotatable bonds is 1. The molecule has 0 radical (unpaired) electrons. The minimum Gasteiger partial charge on any atom is -0.357 e. The molecule has 0 aliphatic carbocycles. The molecule has 0 amide bonds. The van der Waals surface area contributed by atoms with Gasteiger partial charge >= 0.3 is 0 Å². The fourth-order valence-corrected chi connectivity index (χ4v) is 2.70. The Morgan fingerprint density at radius 3 is 2.68 bits per heavy atom. The van der Waals surface area contributed by atoms with Crippen molar-refractivity contribution in [2.24, 2.45) is 0 Å². The highest BCUT2D eigenvalue weighted by atomic mass is 15.2. The molecule has 1 aromatic heterocycles. The van der Waals surface area contributed by atoms with Crippen molar-refractivity contribution in [2.45, 2.75) is 26.2 Å². The molecule has 1 aliphatic heterocycles. The second kappa shape index (κ2) is 4.89. The molecule has 2 heterocycles. The van der Waals surface area contributed by atoms with E-state index in [-0.39, 0.29) is 0 Å². The molecule has 3 rings (SSSR count). The van der Waals surface area contributed by atoms with Crippen LogP contribution < -0.4 is 4.90 Å². The molecule has 2 aromatic rings. The monoisotopic (exact) mass is 251 g/mol. The summed E-state index contributed by atoms with van der Waals surface area (Å²) >= 11 is 0. The van der Waals surface area contributed by atoms with E-state index in [1.54, 1.807) is 0 Å². The third kappa shape index (κ3) is 2.26. The number of benzene rings is 1.